The molecule has 0 radical (unpaired) electrons. The van der Waals surface area contributed by atoms with Crippen molar-refractivity contribution in [2.75, 3.05) is 20.8 Å². The lowest BCUT2D eigenvalue weighted by molar-refractivity contribution is -0.255. The number of rotatable bonds is 8. The van der Waals surface area contributed by atoms with Gasteiger partial charge in [-0.2, -0.15) is 0 Å². The Bertz CT molecular complexity index is 1930. The van der Waals surface area contributed by atoms with E-state index in [0.29, 0.717) is 54.7 Å². The first kappa shape index (κ1) is 28.6. The van der Waals surface area contributed by atoms with Gasteiger partial charge in [-0.1, -0.05) is 23.5 Å². The largest absolute Gasteiger partial charge is 0.545 e. The van der Waals surface area contributed by atoms with Crippen LogP contribution in [0.3, 0.4) is 0 Å². The minimum absolute atomic E-state index is 0.0738. The van der Waals surface area contributed by atoms with Gasteiger partial charge in [0.25, 0.3) is 5.56 Å². The molecule has 0 saturated heterocycles. The Morgan fingerprint density at radius 3 is 2.55 bits per heavy atom. The molecule has 11 heteroatoms. The lowest BCUT2D eigenvalue weighted by Gasteiger charge is -2.26. The summed E-state index contributed by atoms with van der Waals surface area (Å²) in [5.74, 6) is 0.0793. The molecule has 1 aliphatic heterocycles. The van der Waals surface area contributed by atoms with Crippen LogP contribution in [0.1, 0.15) is 47.1 Å². The van der Waals surface area contributed by atoms with Crippen LogP contribution in [0.25, 0.3) is 17.4 Å². The van der Waals surface area contributed by atoms with E-state index in [0.717, 1.165) is 11.3 Å². The number of hydrogen-bond donors (Lipinski definition) is 0. The summed E-state index contributed by atoms with van der Waals surface area (Å²) in [6.45, 7) is 5.35. The average Bonchev–Trinajstić information content (AvgIpc) is 3.55. The normalized spacial score (nSPS) is 14.8. The maximum atomic E-state index is 13.9. The van der Waals surface area contributed by atoms with Crippen molar-refractivity contribution in [3.8, 4) is 22.8 Å². The van der Waals surface area contributed by atoms with Crippen molar-refractivity contribution in [2.24, 2.45) is 4.99 Å². The number of nitrogens with zero attached hydrogens (tertiary/aromatic N) is 2. The Labute approximate surface area is 244 Å². The van der Waals surface area contributed by atoms with Gasteiger partial charge in [-0.05, 0) is 62.2 Å². The van der Waals surface area contributed by atoms with Crippen LogP contribution >= 0.6 is 11.3 Å². The Balaban J connectivity index is 1.64. The Hall–Kier alpha value is -4.90. The van der Waals surface area contributed by atoms with E-state index in [-0.39, 0.29) is 23.3 Å². The first-order chi connectivity index (χ1) is 20.2. The van der Waals surface area contributed by atoms with Crippen molar-refractivity contribution in [3.63, 3.8) is 0 Å². The number of hydrogen-bond acceptors (Lipinski definition) is 10. The van der Waals surface area contributed by atoms with E-state index in [4.69, 9.17) is 18.6 Å². The van der Waals surface area contributed by atoms with E-state index >= 15 is 0 Å². The van der Waals surface area contributed by atoms with Gasteiger partial charge in [0.2, 0.25) is 0 Å². The molecule has 0 saturated carbocycles. The second-order valence-corrected chi connectivity index (χ2v) is 10.4. The second-order valence-electron chi connectivity index (χ2n) is 9.43. The van der Waals surface area contributed by atoms with Gasteiger partial charge in [0, 0.05) is 23.3 Å². The van der Waals surface area contributed by atoms with Gasteiger partial charge in [0.1, 0.15) is 29.1 Å². The van der Waals surface area contributed by atoms with Crippen LogP contribution < -0.4 is 29.5 Å². The minimum atomic E-state index is -1.26. The highest BCUT2D eigenvalue weighted by molar-refractivity contribution is 7.07. The van der Waals surface area contributed by atoms with Crippen LogP contribution in [0, 0.1) is 6.92 Å². The zero-order valence-electron chi connectivity index (χ0n) is 23.5. The summed E-state index contributed by atoms with van der Waals surface area (Å²) in [7, 11) is 3.04. The predicted octanol–water partition coefficient (Wildman–Crippen LogP) is 2.75. The van der Waals surface area contributed by atoms with Crippen LogP contribution in [0.4, 0.5) is 0 Å². The fourth-order valence-electron chi connectivity index (χ4n) is 4.90. The van der Waals surface area contributed by atoms with Crippen molar-refractivity contribution in [1.82, 2.24) is 4.57 Å². The average molecular weight is 588 g/mol. The molecule has 0 N–H and O–H groups in total. The molecule has 0 bridgehead atoms. The Morgan fingerprint density at radius 1 is 1.10 bits per heavy atom. The molecular formula is C31H27N2O8S-. The molecule has 2 aromatic heterocycles. The first-order valence-electron chi connectivity index (χ1n) is 13.0. The highest BCUT2D eigenvalue weighted by Crippen LogP contribution is 2.37. The molecule has 216 valence electrons. The Morgan fingerprint density at radius 2 is 1.88 bits per heavy atom. The molecule has 0 aliphatic carbocycles. The molecule has 4 aromatic rings. The first-order valence-corrected chi connectivity index (χ1v) is 13.8. The molecule has 5 rings (SSSR count). The van der Waals surface area contributed by atoms with E-state index in [1.54, 1.807) is 63.2 Å². The topological polar surface area (TPSA) is 132 Å². The van der Waals surface area contributed by atoms with Gasteiger partial charge in [0.15, 0.2) is 4.80 Å². The number of benzene rings is 2. The molecule has 0 spiro atoms. The van der Waals surface area contributed by atoms with Gasteiger partial charge in [0.05, 0.1) is 42.6 Å². The number of allylic oxidation sites excluding steroid dienone is 1. The third-order valence-corrected chi connectivity index (χ3v) is 7.86. The zero-order valence-corrected chi connectivity index (χ0v) is 24.4. The maximum absolute atomic E-state index is 13.9. The molecule has 10 nitrogen and oxygen atoms in total. The number of esters is 1. The predicted molar refractivity (Wildman–Crippen MR) is 153 cm³/mol. The van der Waals surface area contributed by atoms with Gasteiger partial charge in [-0.3, -0.25) is 9.36 Å². The summed E-state index contributed by atoms with van der Waals surface area (Å²) in [5.41, 5.74) is 2.34. The molecule has 3 heterocycles. The number of aromatic carboxylic acids is 1. The van der Waals surface area contributed by atoms with Crippen molar-refractivity contribution in [1.29, 1.82) is 0 Å². The van der Waals surface area contributed by atoms with Crippen molar-refractivity contribution in [2.45, 2.75) is 26.8 Å². The number of methoxy groups -OCH3 is 2. The summed E-state index contributed by atoms with van der Waals surface area (Å²) in [6, 6.07) is 12.4. The zero-order chi connectivity index (χ0) is 30.1. The number of aromatic nitrogens is 1. The third-order valence-electron chi connectivity index (χ3n) is 6.88. The number of carbonyl (C=O) groups is 2. The van der Waals surface area contributed by atoms with Gasteiger partial charge < -0.3 is 28.5 Å². The number of fused-ring (bicyclic) bond motifs is 1. The summed E-state index contributed by atoms with van der Waals surface area (Å²) in [5, 5.41) is 11.2. The SMILES string of the molecule is CCOC(=O)C1=C(C)N=c2s/c(=C\c3ccc(-c4ccc(C(=O)[O-])cc4C)o3)c(=O)n2[C@H]1c1ccc(OC)cc1OC. The summed E-state index contributed by atoms with van der Waals surface area (Å²) in [6.07, 6.45) is 1.61. The lowest BCUT2D eigenvalue weighted by Crippen LogP contribution is -2.40. The number of ether oxygens (including phenoxy) is 3. The summed E-state index contributed by atoms with van der Waals surface area (Å²) >= 11 is 1.16. The standard InChI is InChI=1S/C31H28N2O8S/c1-6-40-30(37)26-17(3)32-31-33(27(26)22-11-8-19(38-4)14-24(22)39-5)28(34)25(42-31)15-20-9-12-23(41-20)21-10-7-18(29(35)36)13-16(21)2/h7-15,27H,6H2,1-5H3,(H,35,36)/p-1/b25-15-/t27-/m0/s1. The molecule has 1 aliphatic rings. The van der Waals surface area contributed by atoms with E-state index in [1.165, 1.54) is 30.9 Å². The number of furan rings is 1. The highest BCUT2D eigenvalue weighted by Gasteiger charge is 2.35. The number of aryl methyl sites for hydroxylation is 1. The van der Waals surface area contributed by atoms with Gasteiger partial charge in [-0.15, -0.1) is 0 Å². The van der Waals surface area contributed by atoms with E-state index in [9.17, 15) is 19.5 Å². The smallest absolute Gasteiger partial charge is 0.338 e. The molecule has 1 atom stereocenters. The number of carboxylic acids is 1. The monoisotopic (exact) mass is 587 g/mol. The van der Waals surface area contributed by atoms with Crippen molar-refractivity contribution >= 4 is 29.4 Å². The fraction of sp³-hybridized carbons (Fsp3) is 0.226. The fourth-order valence-corrected chi connectivity index (χ4v) is 5.93. The maximum Gasteiger partial charge on any atom is 0.338 e. The van der Waals surface area contributed by atoms with Crippen molar-refractivity contribution in [3.05, 3.63) is 102 Å². The van der Waals surface area contributed by atoms with E-state index < -0.39 is 18.0 Å². The number of carboxylic acid groups (broad SMARTS) is 1. The number of thiazole rings is 1. The third kappa shape index (κ3) is 5.14. The molecular weight excluding hydrogens is 560 g/mol. The van der Waals surface area contributed by atoms with Crippen LogP contribution in [-0.2, 0) is 9.53 Å². The second kappa shape index (κ2) is 11.5. The van der Waals surface area contributed by atoms with Crippen LogP contribution in [0.2, 0.25) is 0 Å². The molecule has 42 heavy (non-hydrogen) atoms. The molecule has 0 unspecified atom stereocenters. The summed E-state index contributed by atoms with van der Waals surface area (Å²) < 4.78 is 24.2. The minimum Gasteiger partial charge on any atom is -0.545 e. The van der Waals surface area contributed by atoms with Crippen LogP contribution in [0.15, 0.2) is 74.0 Å². The quantitative estimate of drug-likeness (QED) is 0.288. The van der Waals surface area contributed by atoms with Crippen LogP contribution in [-0.4, -0.2) is 37.3 Å². The van der Waals surface area contributed by atoms with E-state index in [1.807, 2.05) is 0 Å². The van der Waals surface area contributed by atoms with Gasteiger partial charge in [-0.25, -0.2) is 9.79 Å². The number of carbonyl (C=O) groups excluding carboxylic acids is 2. The molecule has 2 aromatic carbocycles. The molecule has 0 amide bonds. The van der Waals surface area contributed by atoms with E-state index in [2.05, 4.69) is 4.99 Å². The highest BCUT2D eigenvalue weighted by atomic mass is 32.1. The molecule has 0 fully saturated rings. The Kier molecular flexibility index (Phi) is 7.86. The van der Waals surface area contributed by atoms with Gasteiger partial charge >= 0.3 is 5.97 Å². The lowest BCUT2D eigenvalue weighted by atomic mass is 9.95. The summed E-state index contributed by atoms with van der Waals surface area (Å²) in [4.78, 5) is 43.3. The van der Waals surface area contributed by atoms with Crippen molar-refractivity contribution < 1.29 is 33.3 Å². The van der Waals surface area contributed by atoms with Crippen LogP contribution in [0.5, 0.6) is 11.5 Å².